The molecule has 0 aliphatic carbocycles. The summed E-state index contributed by atoms with van der Waals surface area (Å²) >= 11 is 1.12. The summed E-state index contributed by atoms with van der Waals surface area (Å²) in [7, 11) is 0. The molecule has 0 amide bonds. The number of aryl methyl sites for hydroxylation is 2. The van der Waals surface area contributed by atoms with E-state index in [2.05, 4.69) is 20.9 Å². The van der Waals surface area contributed by atoms with Gasteiger partial charge in [0.25, 0.3) is 0 Å². The Balaban J connectivity index is 2.02. The number of aromatic nitrogens is 2. The van der Waals surface area contributed by atoms with E-state index in [0.29, 0.717) is 21.7 Å². The third kappa shape index (κ3) is 2.34. The van der Waals surface area contributed by atoms with Gasteiger partial charge in [-0.2, -0.15) is 5.26 Å². The minimum atomic E-state index is -0.393. The molecule has 0 bridgehead atoms. The number of fused-ring (bicyclic) bond motifs is 1. The van der Waals surface area contributed by atoms with Crippen molar-refractivity contribution in [2.24, 2.45) is 0 Å². The highest BCUT2D eigenvalue weighted by Gasteiger charge is 2.16. The van der Waals surface area contributed by atoms with E-state index < -0.39 is 5.82 Å². The molecule has 1 aromatic carbocycles. The molecule has 0 radical (unpaired) electrons. The van der Waals surface area contributed by atoms with Gasteiger partial charge in [0.15, 0.2) is 0 Å². The molecule has 0 spiro atoms. The van der Waals surface area contributed by atoms with Crippen LogP contribution in [0.1, 0.15) is 16.8 Å². The van der Waals surface area contributed by atoms with Crippen LogP contribution in [0.25, 0.3) is 10.9 Å². The number of benzene rings is 1. The third-order valence-electron chi connectivity index (χ3n) is 3.09. The van der Waals surface area contributed by atoms with Crippen LogP contribution >= 0.6 is 11.9 Å². The number of hydrogen-bond acceptors (Lipinski definition) is 5. The number of nitrogens with one attached hydrogen (secondary N) is 2. The lowest BCUT2D eigenvalue weighted by atomic mass is 10.1. The van der Waals surface area contributed by atoms with Gasteiger partial charge in [-0.15, -0.1) is 0 Å². The van der Waals surface area contributed by atoms with Crippen molar-refractivity contribution < 1.29 is 8.91 Å². The highest BCUT2D eigenvalue weighted by Crippen LogP contribution is 2.33. The molecule has 0 saturated heterocycles. The largest absolute Gasteiger partial charge is 0.358 e. The Morgan fingerprint density at radius 2 is 2.24 bits per heavy atom. The summed E-state index contributed by atoms with van der Waals surface area (Å²) in [4.78, 5) is 2.95. The predicted octanol–water partition coefficient (Wildman–Crippen LogP) is 3.90. The molecule has 2 N–H and O–H groups in total. The second-order valence-electron chi connectivity index (χ2n) is 4.61. The first-order chi connectivity index (χ1) is 10.1. The standard InChI is InChI=1S/C14H11FN4OS/c1-7-3-10(15)13(14-12(7)9(5-16)6-17-14)19-21-11-4-8(2)18-20-11/h3-4,6,17,19H,1-2H3. The lowest BCUT2D eigenvalue weighted by Gasteiger charge is -2.08. The van der Waals surface area contributed by atoms with Gasteiger partial charge in [-0.05, 0) is 25.5 Å². The zero-order valence-corrected chi connectivity index (χ0v) is 12.1. The number of rotatable bonds is 3. The third-order valence-corrected chi connectivity index (χ3v) is 3.79. The minimum absolute atomic E-state index is 0.288. The summed E-state index contributed by atoms with van der Waals surface area (Å²) in [5.74, 6) is -0.393. The summed E-state index contributed by atoms with van der Waals surface area (Å²) in [6.07, 6.45) is 1.57. The second-order valence-corrected chi connectivity index (χ2v) is 5.42. The van der Waals surface area contributed by atoms with Gasteiger partial charge in [0, 0.05) is 29.6 Å². The average molecular weight is 302 g/mol. The summed E-state index contributed by atoms with van der Waals surface area (Å²) in [6.45, 7) is 3.58. The Kier molecular flexibility index (Phi) is 3.31. The Hall–Kier alpha value is -2.46. The van der Waals surface area contributed by atoms with E-state index in [1.54, 1.807) is 19.2 Å². The van der Waals surface area contributed by atoms with Crippen molar-refractivity contribution in [3.05, 3.63) is 41.0 Å². The quantitative estimate of drug-likeness (QED) is 0.717. The zero-order valence-electron chi connectivity index (χ0n) is 11.3. The number of nitriles is 1. The monoisotopic (exact) mass is 302 g/mol. The van der Waals surface area contributed by atoms with Gasteiger partial charge >= 0.3 is 0 Å². The smallest absolute Gasteiger partial charge is 0.213 e. The number of aromatic amines is 1. The van der Waals surface area contributed by atoms with Crippen LogP contribution in [0.5, 0.6) is 0 Å². The van der Waals surface area contributed by atoms with Crippen molar-refractivity contribution in [2.45, 2.75) is 18.9 Å². The number of halogens is 1. The first-order valence-corrected chi connectivity index (χ1v) is 6.98. The summed E-state index contributed by atoms with van der Waals surface area (Å²) in [6, 6.07) is 5.25. The van der Waals surface area contributed by atoms with Crippen molar-refractivity contribution in [2.75, 3.05) is 4.72 Å². The van der Waals surface area contributed by atoms with E-state index in [9.17, 15) is 4.39 Å². The molecular formula is C14H11FN4OS. The SMILES string of the molecule is Cc1cc(SNc2c(F)cc(C)c3c(C#N)c[nH]c23)on1. The normalized spacial score (nSPS) is 10.8. The molecule has 0 atom stereocenters. The molecule has 2 heterocycles. The molecule has 0 fully saturated rings. The fourth-order valence-electron chi connectivity index (χ4n) is 2.16. The van der Waals surface area contributed by atoms with Gasteiger partial charge in [0.05, 0.1) is 16.8 Å². The van der Waals surface area contributed by atoms with E-state index in [1.807, 2.05) is 6.92 Å². The van der Waals surface area contributed by atoms with Crippen molar-refractivity contribution in [3.8, 4) is 6.07 Å². The lowest BCUT2D eigenvalue weighted by Crippen LogP contribution is -1.94. The molecular weight excluding hydrogens is 291 g/mol. The van der Waals surface area contributed by atoms with Gasteiger partial charge in [-0.3, -0.25) is 0 Å². The first-order valence-electron chi connectivity index (χ1n) is 6.16. The van der Waals surface area contributed by atoms with Crippen LogP contribution in [0, 0.1) is 31.0 Å². The maximum absolute atomic E-state index is 14.2. The number of hydrogen-bond donors (Lipinski definition) is 2. The van der Waals surface area contributed by atoms with Crippen LogP contribution in [0.3, 0.4) is 0 Å². The molecule has 0 saturated carbocycles. The molecule has 0 aliphatic rings. The molecule has 0 unspecified atom stereocenters. The summed E-state index contributed by atoms with van der Waals surface area (Å²) in [5.41, 5.74) is 2.81. The topological polar surface area (TPSA) is 77.6 Å². The molecule has 5 nitrogen and oxygen atoms in total. The second kappa shape index (κ2) is 5.14. The van der Waals surface area contributed by atoms with Crippen LogP contribution in [0.2, 0.25) is 0 Å². The molecule has 3 rings (SSSR count). The Morgan fingerprint density at radius 3 is 2.90 bits per heavy atom. The van der Waals surface area contributed by atoms with Crippen molar-refractivity contribution >= 4 is 28.5 Å². The molecule has 3 aromatic rings. The fourth-order valence-corrected chi connectivity index (χ4v) is 2.87. The maximum atomic E-state index is 14.2. The highest BCUT2D eigenvalue weighted by atomic mass is 32.2. The number of anilines is 1. The minimum Gasteiger partial charge on any atom is -0.358 e. The first kappa shape index (κ1) is 13.5. The number of H-pyrrole nitrogens is 1. The maximum Gasteiger partial charge on any atom is 0.213 e. The molecule has 0 aliphatic heterocycles. The van der Waals surface area contributed by atoms with Gasteiger partial charge in [-0.1, -0.05) is 5.16 Å². The van der Waals surface area contributed by atoms with Crippen LogP contribution < -0.4 is 4.72 Å². The van der Waals surface area contributed by atoms with Crippen molar-refractivity contribution in [1.29, 1.82) is 5.26 Å². The Morgan fingerprint density at radius 1 is 1.43 bits per heavy atom. The van der Waals surface area contributed by atoms with Crippen LogP contribution in [-0.2, 0) is 0 Å². The van der Waals surface area contributed by atoms with Gasteiger partial charge in [-0.25, -0.2) is 4.39 Å². The van der Waals surface area contributed by atoms with E-state index in [1.165, 1.54) is 6.07 Å². The predicted molar refractivity (Wildman–Crippen MR) is 78.4 cm³/mol. The lowest BCUT2D eigenvalue weighted by molar-refractivity contribution is 0.347. The van der Waals surface area contributed by atoms with Gasteiger partial charge in [0.2, 0.25) is 5.09 Å². The van der Waals surface area contributed by atoms with Gasteiger partial charge in [0.1, 0.15) is 17.6 Å². The van der Waals surface area contributed by atoms with Crippen LogP contribution in [0.4, 0.5) is 10.1 Å². The summed E-state index contributed by atoms with van der Waals surface area (Å²) < 4.78 is 22.1. The van der Waals surface area contributed by atoms with Crippen molar-refractivity contribution in [1.82, 2.24) is 10.1 Å². The molecule has 2 aromatic heterocycles. The van der Waals surface area contributed by atoms with E-state index >= 15 is 0 Å². The highest BCUT2D eigenvalue weighted by molar-refractivity contribution is 8.00. The van der Waals surface area contributed by atoms with E-state index in [-0.39, 0.29) is 5.69 Å². The molecule has 106 valence electrons. The molecule has 7 heteroatoms. The summed E-state index contributed by atoms with van der Waals surface area (Å²) in [5, 5.41) is 14.1. The number of nitrogens with zero attached hydrogens (tertiary/aromatic N) is 2. The van der Waals surface area contributed by atoms with E-state index in [4.69, 9.17) is 9.78 Å². The Bertz CT molecular complexity index is 862. The fraction of sp³-hybridized carbons (Fsp3) is 0.143. The average Bonchev–Trinajstić information content (AvgIpc) is 3.05. The van der Waals surface area contributed by atoms with Crippen molar-refractivity contribution in [3.63, 3.8) is 0 Å². The van der Waals surface area contributed by atoms with Crippen LogP contribution in [-0.4, -0.2) is 10.1 Å². The van der Waals surface area contributed by atoms with Crippen LogP contribution in [0.15, 0.2) is 27.9 Å². The zero-order chi connectivity index (χ0) is 15.0. The van der Waals surface area contributed by atoms with E-state index in [0.717, 1.165) is 23.0 Å². The Labute approximate surface area is 124 Å². The van der Waals surface area contributed by atoms with Gasteiger partial charge < -0.3 is 14.2 Å². The molecule has 21 heavy (non-hydrogen) atoms.